The molecule has 6 nitrogen and oxygen atoms in total. The Kier molecular flexibility index (Phi) is 5.61. The van der Waals surface area contributed by atoms with Crippen molar-refractivity contribution in [3.8, 4) is 11.3 Å². The van der Waals surface area contributed by atoms with Gasteiger partial charge >= 0.3 is 0 Å². The highest BCUT2D eigenvalue weighted by Crippen LogP contribution is 2.45. The monoisotopic (exact) mass is 478 g/mol. The van der Waals surface area contributed by atoms with E-state index in [0.29, 0.717) is 18.7 Å². The van der Waals surface area contributed by atoms with Crippen LogP contribution in [-0.4, -0.2) is 71.3 Å². The van der Waals surface area contributed by atoms with E-state index in [9.17, 15) is 9.59 Å². The number of likely N-dealkylation sites (N-methyl/N-ethyl adjacent to an activating group) is 1. The van der Waals surface area contributed by atoms with Crippen molar-refractivity contribution in [2.24, 2.45) is 0 Å². The van der Waals surface area contributed by atoms with Gasteiger partial charge in [0.15, 0.2) is 0 Å². The molecular weight excluding hydrogens is 448 g/mol. The van der Waals surface area contributed by atoms with Crippen LogP contribution in [0.25, 0.3) is 22.2 Å². The fourth-order valence-corrected chi connectivity index (χ4v) is 5.54. The number of amides is 2. The Balaban J connectivity index is 1.48. The molecule has 0 saturated carbocycles. The summed E-state index contributed by atoms with van der Waals surface area (Å²) in [7, 11) is 2.07. The maximum Gasteiger partial charge on any atom is 0.255 e. The summed E-state index contributed by atoms with van der Waals surface area (Å²) in [4.78, 5) is 36.7. The Morgan fingerprint density at radius 2 is 1.61 bits per heavy atom. The SMILES string of the molecule is Cc1ccc(-c2[nH]c3ccccc3c2C2c3ccccc3C(=O)N2CC(=O)N2CCN(C)CC2)cc1. The molecule has 1 saturated heterocycles. The van der Waals surface area contributed by atoms with Crippen LogP contribution in [0.2, 0.25) is 0 Å². The zero-order valence-corrected chi connectivity index (χ0v) is 20.7. The number of aromatic amines is 1. The van der Waals surface area contributed by atoms with Gasteiger partial charge in [0.05, 0.1) is 11.7 Å². The first-order valence-electron chi connectivity index (χ1n) is 12.5. The van der Waals surface area contributed by atoms with Crippen LogP contribution in [-0.2, 0) is 4.79 Å². The van der Waals surface area contributed by atoms with E-state index >= 15 is 0 Å². The third kappa shape index (κ3) is 3.78. The van der Waals surface area contributed by atoms with Crippen LogP contribution in [0, 0.1) is 6.92 Å². The largest absolute Gasteiger partial charge is 0.354 e. The van der Waals surface area contributed by atoms with E-state index in [1.807, 2.05) is 41.3 Å². The minimum Gasteiger partial charge on any atom is -0.354 e. The van der Waals surface area contributed by atoms with Gasteiger partial charge in [-0.15, -0.1) is 0 Å². The summed E-state index contributed by atoms with van der Waals surface area (Å²) in [6, 6.07) is 24.1. The molecule has 1 fully saturated rings. The molecule has 3 aromatic carbocycles. The first kappa shape index (κ1) is 22.6. The van der Waals surface area contributed by atoms with E-state index in [-0.39, 0.29) is 24.4 Å². The molecule has 6 rings (SSSR count). The lowest BCUT2D eigenvalue weighted by Crippen LogP contribution is -2.50. The number of benzene rings is 3. The van der Waals surface area contributed by atoms with Gasteiger partial charge in [-0.05, 0) is 37.2 Å². The first-order valence-corrected chi connectivity index (χ1v) is 12.5. The van der Waals surface area contributed by atoms with Gasteiger partial charge < -0.3 is 19.7 Å². The summed E-state index contributed by atoms with van der Waals surface area (Å²) >= 11 is 0. The molecule has 2 amide bonds. The molecule has 0 bridgehead atoms. The maximum absolute atomic E-state index is 13.7. The van der Waals surface area contributed by atoms with Gasteiger partial charge in [0.2, 0.25) is 5.91 Å². The van der Waals surface area contributed by atoms with Crippen molar-refractivity contribution >= 4 is 22.7 Å². The Hall–Kier alpha value is -3.90. The number of nitrogens with one attached hydrogen (secondary N) is 1. The van der Waals surface area contributed by atoms with Gasteiger partial charge in [0.1, 0.15) is 6.54 Å². The average molecular weight is 479 g/mol. The summed E-state index contributed by atoms with van der Waals surface area (Å²) in [5, 5.41) is 1.07. The Morgan fingerprint density at radius 1 is 0.917 bits per heavy atom. The van der Waals surface area contributed by atoms with Gasteiger partial charge in [-0.2, -0.15) is 0 Å². The standard InChI is InChI=1S/C30H30N4O2/c1-20-11-13-21(14-12-20)28-27(24-9-5-6-10-25(24)31-28)29-22-7-3-4-8-23(22)30(36)34(29)19-26(35)33-17-15-32(2)16-18-33/h3-14,29,31H,15-19H2,1-2H3. The topological polar surface area (TPSA) is 59.7 Å². The van der Waals surface area contributed by atoms with Crippen LogP contribution in [0.4, 0.5) is 0 Å². The predicted octanol–water partition coefficient (Wildman–Crippen LogP) is 4.46. The van der Waals surface area contributed by atoms with Crippen molar-refractivity contribution < 1.29 is 9.59 Å². The zero-order valence-electron chi connectivity index (χ0n) is 20.7. The van der Waals surface area contributed by atoms with Crippen molar-refractivity contribution in [2.75, 3.05) is 39.8 Å². The highest BCUT2D eigenvalue weighted by Gasteiger charge is 2.41. The molecule has 1 aromatic heterocycles. The molecule has 2 aliphatic heterocycles. The van der Waals surface area contributed by atoms with Gasteiger partial charge in [0, 0.05) is 48.2 Å². The second kappa shape index (κ2) is 8.95. The number of piperazine rings is 1. The molecule has 3 heterocycles. The lowest BCUT2D eigenvalue weighted by atomic mass is 9.93. The van der Waals surface area contributed by atoms with Crippen LogP contribution >= 0.6 is 0 Å². The fraction of sp³-hybridized carbons (Fsp3) is 0.267. The van der Waals surface area contributed by atoms with Crippen molar-refractivity contribution in [3.05, 3.63) is 95.1 Å². The Labute approximate surface area is 211 Å². The average Bonchev–Trinajstić information content (AvgIpc) is 3.40. The number of aryl methyl sites for hydroxylation is 1. The number of hydrogen-bond donors (Lipinski definition) is 1. The highest BCUT2D eigenvalue weighted by molar-refractivity contribution is 6.03. The maximum atomic E-state index is 13.7. The molecule has 6 heteroatoms. The molecule has 0 aliphatic carbocycles. The third-order valence-corrected chi connectivity index (χ3v) is 7.58. The molecule has 4 aromatic rings. The lowest BCUT2D eigenvalue weighted by molar-refractivity contribution is -0.133. The second-order valence-corrected chi connectivity index (χ2v) is 9.93. The normalized spacial score (nSPS) is 18.2. The Bertz CT molecular complexity index is 1450. The number of rotatable bonds is 4. The number of nitrogens with zero attached hydrogens (tertiary/aromatic N) is 3. The van der Waals surface area contributed by atoms with Crippen molar-refractivity contribution in [1.29, 1.82) is 0 Å². The lowest BCUT2D eigenvalue weighted by Gasteiger charge is -2.34. The summed E-state index contributed by atoms with van der Waals surface area (Å²) < 4.78 is 0. The van der Waals surface area contributed by atoms with Gasteiger partial charge in [-0.3, -0.25) is 9.59 Å². The van der Waals surface area contributed by atoms with E-state index in [1.54, 1.807) is 4.90 Å². The van der Waals surface area contributed by atoms with Crippen molar-refractivity contribution in [3.63, 3.8) is 0 Å². The van der Waals surface area contributed by atoms with E-state index in [2.05, 4.69) is 60.3 Å². The number of para-hydroxylation sites is 1. The van der Waals surface area contributed by atoms with Crippen LogP contribution in [0.15, 0.2) is 72.8 Å². The number of aromatic nitrogens is 1. The molecule has 1 atom stereocenters. The number of hydrogen-bond acceptors (Lipinski definition) is 3. The number of carbonyl (C=O) groups is 2. The minimum absolute atomic E-state index is 0.00554. The zero-order chi connectivity index (χ0) is 24.8. The highest BCUT2D eigenvalue weighted by atomic mass is 16.2. The van der Waals surface area contributed by atoms with E-state index in [0.717, 1.165) is 46.4 Å². The van der Waals surface area contributed by atoms with Crippen LogP contribution in [0.1, 0.15) is 33.1 Å². The number of fused-ring (bicyclic) bond motifs is 2. The van der Waals surface area contributed by atoms with E-state index < -0.39 is 0 Å². The molecule has 182 valence electrons. The molecule has 0 radical (unpaired) electrons. The fourth-order valence-electron chi connectivity index (χ4n) is 5.54. The Morgan fingerprint density at radius 3 is 2.39 bits per heavy atom. The first-order chi connectivity index (χ1) is 17.5. The second-order valence-electron chi connectivity index (χ2n) is 9.93. The molecular formula is C30H30N4O2. The number of carbonyl (C=O) groups excluding carboxylic acids is 2. The molecule has 0 spiro atoms. The summed E-state index contributed by atoms with van der Waals surface area (Å²) in [5.74, 6) is -0.0794. The summed E-state index contributed by atoms with van der Waals surface area (Å²) in [6.45, 7) is 5.22. The summed E-state index contributed by atoms with van der Waals surface area (Å²) in [5.41, 5.74) is 6.93. The third-order valence-electron chi connectivity index (χ3n) is 7.58. The summed E-state index contributed by atoms with van der Waals surface area (Å²) in [6.07, 6.45) is 0. The van der Waals surface area contributed by atoms with Crippen molar-refractivity contribution in [2.45, 2.75) is 13.0 Å². The van der Waals surface area contributed by atoms with E-state index in [4.69, 9.17) is 0 Å². The quantitative estimate of drug-likeness (QED) is 0.471. The van der Waals surface area contributed by atoms with E-state index in [1.165, 1.54) is 5.56 Å². The minimum atomic E-state index is -0.349. The van der Waals surface area contributed by atoms with Crippen LogP contribution < -0.4 is 0 Å². The number of H-pyrrole nitrogens is 1. The molecule has 1 unspecified atom stereocenters. The van der Waals surface area contributed by atoms with Gasteiger partial charge in [-0.25, -0.2) is 0 Å². The smallest absolute Gasteiger partial charge is 0.255 e. The molecule has 1 N–H and O–H groups in total. The van der Waals surface area contributed by atoms with Crippen LogP contribution in [0.3, 0.4) is 0 Å². The molecule has 36 heavy (non-hydrogen) atoms. The molecule has 2 aliphatic rings. The van der Waals surface area contributed by atoms with Crippen LogP contribution in [0.5, 0.6) is 0 Å². The van der Waals surface area contributed by atoms with Crippen molar-refractivity contribution in [1.82, 2.24) is 19.7 Å². The predicted molar refractivity (Wildman–Crippen MR) is 142 cm³/mol. The van der Waals surface area contributed by atoms with Gasteiger partial charge in [0.25, 0.3) is 5.91 Å². The van der Waals surface area contributed by atoms with Gasteiger partial charge in [-0.1, -0.05) is 66.2 Å².